The van der Waals surface area contributed by atoms with E-state index in [-0.39, 0.29) is 76.0 Å². The van der Waals surface area contributed by atoms with Gasteiger partial charge in [-0.3, -0.25) is 14.6 Å². The van der Waals surface area contributed by atoms with Gasteiger partial charge < -0.3 is 31.1 Å². The lowest BCUT2D eigenvalue weighted by atomic mass is 9.32. The van der Waals surface area contributed by atoms with Crippen LogP contribution in [0, 0.1) is 56.7 Å². The number of aliphatic hydroxyl groups excluding tert-OH is 2. The van der Waals surface area contributed by atoms with Crippen LogP contribution in [0.1, 0.15) is 138 Å². The summed E-state index contributed by atoms with van der Waals surface area (Å²) in [7, 11) is 0. The quantitative estimate of drug-likeness (QED) is 0.158. The Kier molecular flexibility index (Phi) is 10.6. The van der Waals surface area contributed by atoms with Crippen LogP contribution in [-0.4, -0.2) is 68.1 Å². The van der Waals surface area contributed by atoms with E-state index in [0.29, 0.717) is 48.9 Å². The third-order valence-electron chi connectivity index (χ3n) is 17.4. The summed E-state index contributed by atoms with van der Waals surface area (Å²) in [5, 5.41) is 48.7. The van der Waals surface area contributed by atoms with Crippen molar-refractivity contribution in [2.75, 3.05) is 13.2 Å². The first-order valence-electron chi connectivity index (χ1n) is 21.2. The molecular formula is C46H65N3O7. The summed E-state index contributed by atoms with van der Waals surface area (Å²) < 4.78 is 0. The van der Waals surface area contributed by atoms with Crippen LogP contribution in [0.3, 0.4) is 0 Å². The highest BCUT2D eigenvalue weighted by Gasteiger charge is 2.72. The zero-order chi connectivity index (χ0) is 40.5. The van der Waals surface area contributed by atoms with Crippen LogP contribution in [-0.2, 0) is 17.8 Å². The van der Waals surface area contributed by atoms with Crippen molar-refractivity contribution in [1.82, 2.24) is 15.6 Å². The van der Waals surface area contributed by atoms with E-state index in [1.165, 1.54) is 12.3 Å². The summed E-state index contributed by atoms with van der Waals surface area (Å²) in [5.74, 6) is -0.246. The number of rotatable bonds is 10. The summed E-state index contributed by atoms with van der Waals surface area (Å²) in [6, 6.07) is 10.4. The first kappa shape index (κ1) is 40.8. The van der Waals surface area contributed by atoms with Gasteiger partial charge in [0.2, 0.25) is 5.91 Å². The Morgan fingerprint density at radius 2 is 1.62 bits per heavy atom. The molecule has 2 amide bonds. The fraction of sp³-hybridized carbons (Fsp3) is 0.696. The molecule has 6 N–H and O–H groups in total. The summed E-state index contributed by atoms with van der Waals surface area (Å²) in [6.45, 7) is 14.2. The summed E-state index contributed by atoms with van der Waals surface area (Å²) in [4.78, 5) is 43.0. The molecule has 0 saturated heterocycles. The van der Waals surface area contributed by atoms with Gasteiger partial charge in [0.25, 0.3) is 5.91 Å². The zero-order valence-electron chi connectivity index (χ0n) is 34.4. The molecule has 1 aromatic carbocycles. The van der Waals surface area contributed by atoms with Gasteiger partial charge in [0.05, 0.1) is 41.5 Å². The van der Waals surface area contributed by atoms with Crippen LogP contribution in [0.4, 0.5) is 0 Å². The van der Waals surface area contributed by atoms with Gasteiger partial charge >= 0.3 is 5.97 Å². The van der Waals surface area contributed by atoms with Gasteiger partial charge in [-0.2, -0.15) is 0 Å². The summed E-state index contributed by atoms with van der Waals surface area (Å²) in [6.07, 6.45) is 10.9. The molecule has 0 aliphatic heterocycles. The van der Waals surface area contributed by atoms with Crippen molar-refractivity contribution in [2.24, 2.45) is 56.7 Å². The van der Waals surface area contributed by atoms with Crippen LogP contribution in [0.2, 0.25) is 0 Å². The molecule has 2 aromatic rings. The number of carbonyl (C=O) groups is 3. The molecule has 5 unspecified atom stereocenters. The number of fused-ring (bicyclic) bond motifs is 7. The van der Waals surface area contributed by atoms with Crippen molar-refractivity contribution < 1.29 is 34.8 Å². The zero-order valence-corrected chi connectivity index (χ0v) is 34.4. The Balaban J connectivity index is 1.07. The second-order valence-electron chi connectivity index (χ2n) is 20.1. The fourth-order valence-corrected chi connectivity index (χ4v) is 14.1. The van der Waals surface area contributed by atoms with E-state index in [1.807, 2.05) is 18.2 Å². The minimum Gasteiger partial charge on any atom is -0.478 e. The SMILES string of the molecule is CC(O)(CO)[C@@H]1CC[C@]2(C(=O)NCCc3cccc(C(=O)NCc4ccc(C(=O)O)cn4)c3)CC[C@]3(C)C(CCC4[C@@]5(C)CC[C@H](O)C(C)(C)C5CC[C@]43C)C12. The highest BCUT2D eigenvalue weighted by atomic mass is 16.4. The summed E-state index contributed by atoms with van der Waals surface area (Å²) >= 11 is 0. The number of carboxylic acids is 1. The number of hydrogen-bond donors (Lipinski definition) is 6. The number of nitrogens with zero attached hydrogens (tertiary/aromatic N) is 1. The Morgan fingerprint density at radius 3 is 2.32 bits per heavy atom. The van der Waals surface area contributed by atoms with E-state index in [0.717, 1.165) is 56.9 Å². The van der Waals surface area contributed by atoms with Gasteiger partial charge in [-0.05, 0) is 159 Å². The number of carboxylic acid groups (broad SMARTS) is 1. The van der Waals surface area contributed by atoms with Crippen LogP contribution in [0.5, 0.6) is 0 Å². The Bertz CT molecular complexity index is 1830. The van der Waals surface area contributed by atoms with E-state index in [4.69, 9.17) is 5.11 Å². The molecule has 5 fully saturated rings. The molecule has 5 saturated carbocycles. The first-order chi connectivity index (χ1) is 26.3. The molecule has 0 bridgehead atoms. The van der Waals surface area contributed by atoms with Crippen LogP contribution in [0.15, 0.2) is 42.6 Å². The molecule has 56 heavy (non-hydrogen) atoms. The number of aromatic carboxylic acids is 1. The van der Waals surface area contributed by atoms with Crippen LogP contribution < -0.4 is 10.6 Å². The maximum absolute atomic E-state index is 14.7. The highest BCUT2D eigenvalue weighted by molar-refractivity contribution is 5.94. The number of nitrogens with one attached hydrogen (secondary N) is 2. The standard InChI is InChI=1S/C46H65N3O7/c1-41(2)34-15-19-44(5)35(42(34,3)18-16-36(41)51)13-12-32-37-33(45(6,56)27-50)14-20-46(37,22-21-43(32,44)4)40(55)47-23-17-28-8-7-9-29(24-28)38(52)49-26-31-11-10-30(25-48-31)39(53)54/h7-11,24-25,32-37,50-51,56H,12-23,26-27H2,1-6H3,(H,47,55)(H,49,52)(H,53,54)/t32?,33-,34?,35?,36+,37?,42+,43-,44-,45?,46+/m1/s1. The van der Waals surface area contributed by atoms with Crippen molar-refractivity contribution in [3.8, 4) is 0 Å². The van der Waals surface area contributed by atoms with E-state index in [2.05, 4.69) is 50.2 Å². The smallest absolute Gasteiger partial charge is 0.337 e. The number of aromatic nitrogens is 1. The number of benzene rings is 1. The van der Waals surface area contributed by atoms with E-state index < -0.39 is 17.0 Å². The second-order valence-corrected chi connectivity index (χ2v) is 20.1. The monoisotopic (exact) mass is 771 g/mol. The van der Waals surface area contributed by atoms with Gasteiger partial charge in [0.1, 0.15) is 0 Å². The van der Waals surface area contributed by atoms with Gasteiger partial charge in [-0.1, -0.05) is 46.8 Å². The minimum atomic E-state index is -1.28. The third-order valence-corrected chi connectivity index (χ3v) is 17.4. The normalized spacial score (nSPS) is 38.2. The van der Waals surface area contributed by atoms with Gasteiger partial charge in [0, 0.05) is 18.3 Å². The van der Waals surface area contributed by atoms with Gasteiger partial charge in [0.15, 0.2) is 0 Å². The van der Waals surface area contributed by atoms with Crippen LogP contribution in [0.25, 0.3) is 0 Å². The van der Waals surface area contributed by atoms with Crippen molar-refractivity contribution in [2.45, 2.75) is 130 Å². The van der Waals surface area contributed by atoms with Crippen LogP contribution >= 0.6 is 0 Å². The molecule has 5 aliphatic rings. The second kappa shape index (κ2) is 14.5. The van der Waals surface area contributed by atoms with Crippen molar-refractivity contribution >= 4 is 17.8 Å². The molecule has 1 aromatic heterocycles. The lowest BCUT2D eigenvalue weighted by Crippen LogP contribution is -2.68. The Morgan fingerprint density at radius 1 is 0.857 bits per heavy atom. The summed E-state index contributed by atoms with van der Waals surface area (Å²) in [5.41, 5.74) is 0.225. The third kappa shape index (κ3) is 6.41. The molecule has 306 valence electrons. The highest BCUT2D eigenvalue weighted by Crippen LogP contribution is 2.77. The largest absolute Gasteiger partial charge is 0.478 e. The van der Waals surface area contributed by atoms with Crippen molar-refractivity contribution in [3.05, 3.63) is 65.0 Å². The molecule has 7 rings (SSSR count). The molecule has 0 spiro atoms. The number of aliphatic hydroxyl groups is 3. The molecule has 11 atom stereocenters. The molecule has 5 aliphatic carbocycles. The lowest BCUT2D eigenvalue weighted by Gasteiger charge is -2.73. The minimum absolute atomic E-state index is 0.0221. The average Bonchev–Trinajstić information content (AvgIpc) is 3.58. The van der Waals surface area contributed by atoms with E-state index in [9.17, 15) is 29.7 Å². The fourth-order valence-electron chi connectivity index (χ4n) is 14.1. The molecule has 0 radical (unpaired) electrons. The maximum Gasteiger partial charge on any atom is 0.337 e. The van der Waals surface area contributed by atoms with E-state index in [1.54, 1.807) is 19.1 Å². The molecule has 10 heteroatoms. The van der Waals surface area contributed by atoms with E-state index >= 15 is 0 Å². The predicted octanol–water partition coefficient (Wildman–Crippen LogP) is 6.55. The first-order valence-corrected chi connectivity index (χ1v) is 21.2. The molecule has 1 heterocycles. The average molecular weight is 772 g/mol. The Labute approximate surface area is 332 Å². The topological polar surface area (TPSA) is 169 Å². The molecule has 10 nitrogen and oxygen atoms in total. The maximum atomic E-state index is 14.7. The number of amides is 2. The molecular weight excluding hydrogens is 707 g/mol. The number of pyridine rings is 1. The lowest BCUT2D eigenvalue weighted by molar-refractivity contribution is -0.251. The van der Waals surface area contributed by atoms with Crippen molar-refractivity contribution in [3.63, 3.8) is 0 Å². The Hall–Kier alpha value is -3.34. The number of carbonyl (C=O) groups excluding carboxylic acids is 2. The van der Waals surface area contributed by atoms with Crippen molar-refractivity contribution in [1.29, 1.82) is 0 Å². The predicted molar refractivity (Wildman–Crippen MR) is 213 cm³/mol. The van der Waals surface area contributed by atoms with Gasteiger partial charge in [-0.25, -0.2) is 4.79 Å². The van der Waals surface area contributed by atoms with Gasteiger partial charge in [-0.15, -0.1) is 0 Å². The number of hydrogen-bond acceptors (Lipinski definition) is 7.